The summed E-state index contributed by atoms with van der Waals surface area (Å²) < 4.78 is 19.5. The van der Waals surface area contributed by atoms with E-state index < -0.39 is 0 Å². The summed E-state index contributed by atoms with van der Waals surface area (Å²) in [6.45, 7) is 2.80. The molecule has 1 aromatic carbocycles. The van der Waals surface area contributed by atoms with Gasteiger partial charge in [0.2, 0.25) is 5.88 Å². The molecule has 0 spiro atoms. The average Bonchev–Trinajstić information content (AvgIpc) is 2.58. The first-order valence-electron chi connectivity index (χ1n) is 7.61. The second kappa shape index (κ2) is 6.73. The van der Waals surface area contributed by atoms with Gasteiger partial charge in [-0.25, -0.2) is 14.4 Å². The van der Waals surface area contributed by atoms with Gasteiger partial charge in [0.15, 0.2) is 0 Å². The Morgan fingerprint density at radius 3 is 3.00 bits per heavy atom. The second-order valence-corrected chi connectivity index (χ2v) is 5.64. The maximum atomic E-state index is 13.7. The van der Waals surface area contributed by atoms with Gasteiger partial charge in [-0.2, -0.15) is 0 Å². The highest BCUT2D eigenvalue weighted by atomic mass is 19.1. The molecule has 0 saturated carbocycles. The zero-order valence-electron chi connectivity index (χ0n) is 12.9. The van der Waals surface area contributed by atoms with Crippen LogP contribution in [0.2, 0.25) is 0 Å². The van der Waals surface area contributed by atoms with Gasteiger partial charge in [0.25, 0.3) is 5.91 Å². The van der Waals surface area contributed by atoms with Crippen molar-refractivity contribution < 1.29 is 13.9 Å². The molecular weight excluding hydrogens is 297 g/mol. The topological polar surface area (TPSA) is 55.3 Å². The first-order chi connectivity index (χ1) is 11.1. The fourth-order valence-corrected chi connectivity index (χ4v) is 2.65. The Hall–Kier alpha value is -2.50. The molecule has 5 nitrogen and oxygen atoms in total. The van der Waals surface area contributed by atoms with Gasteiger partial charge in [0.05, 0.1) is 6.54 Å². The van der Waals surface area contributed by atoms with Gasteiger partial charge in [-0.15, -0.1) is 0 Å². The predicted molar refractivity (Wildman–Crippen MR) is 82.7 cm³/mol. The smallest absolute Gasteiger partial charge is 0.254 e. The lowest BCUT2D eigenvalue weighted by molar-refractivity contribution is 0.0527. The van der Waals surface area contributed by atoms with E-state index in [1.54, 1.807) is 36.2 Å². The number of rotatable bonds is 3. The third-order valence-corrected chi connectivity index (χ3v) is 3.93. The minimum Gasteiger partial charge on any atom is -0.472 e. The molecule has 0 bridgehead atoms. The fourth-order valence-electron chi connectivity index (χ4n) is 2.65. The van der Waals surface area contributed by atoms with E-state index in [0.717, 1.165) is 12.8 Å². The lowest BCUT2D eigenvalue weighted by atomic mass is 10.1. The van der Waals surface area contributed by atoms with Crippen LogP contribution in [-0.4, -0.2) is 40.0 Å². The Labute approximate surface area is 134 Å². The Bertz CT molecular complexity index is 693. The van der Waals surface area contributed by atoms with Crippen LogP contribution in [0.25, 0.3) is 0 Å². The molecule has 0 aliphatic carbocycles. The number of hydrogen-bond donors (Lipinski definition) is 0. The second-order valence-electron chi connectivity index (χ2n) is 5.64. The maximum absolute atomic E-state index is 13.7. The summed E-state index contributed by atoms with van der Waals surface area (Å²) in [5.74, 6) is -0.0257. The van der Waals surface area contributed by atoms with Crippen molar-refractivity contribution in [2.24, 2.45) is 0 Å². The summed E-state index contributed by atoms with van der Waals surface area (Å²) in [5.41, 5.74) is 0.904. The summed E-state index contributed by atoms with van der Waals surface area (Å²) in [7, 11) is 0. The number of piperidine rings is 1. The van der Waals surface area contributed by atoms with Crippen molar-refractivity contribution in [3.05, 3.63) is 53.7 Å². The number of aryl methyl sites for hydroxylation is 1. The molecular formula is C17H18FN3O2. The van der Waals surface area contributed by atoms with Gasteiger partial charge in [-0.3, -0.25) is 4.79 Å². The molecule has 1 atom stereocenters. The molecule has 1 aliphatic rings. The highest BCUT2D eigenvalue weighted by molar-refractivity contribution is 5.94. The molecule has 1 fully saturated rings. The van der Waals surface area contributed by atoms with Crippen LogP contribution in [0, 0.1) is 12.7 Å². The van der Waals surface area contributed by atoms with Gasteiger partial charge in [-0.1, -0.05) is 6.07 Å². The highest BCUT2D eigenvalue weighted by Crippen LogP contribution is 2.19. The molecule has 120 valence electrons. The van der Waals surface area contributed by atoms with Crippen LogP contribution in [0.1, 0.15) is 28.8 Å². The molecule has 2 heterocycles. The van der Waals surface area contributed by atoms with Crippen molar-refractivity contribution in [1.29, 1.82) is 0 Å². The summed E-state index contributed by atoms with van der Waals surface area (Å²) >= 11 is 0. The monoisotopic (exact) mass is 315 g/mol. The number of benzene rings is 1. The number of amides is 1. The van der Waals surface area contributed by atoms with Crippen molar-refractivity contribution in [1.82, 2.24) is 14.9 Å². The first-order valence-corrected chi connectivity index (χ1v) is 7.61. The van der Waals surface area contributed by atoms with Crippen LogP contribution < -0.4 is 4.74 Å². The lowest BCUT2D eigenvalue weighted by Gasteiger charge is -2.32. The Balaban J connectivity index is 1.68. The van der Waals surface area contributed by atoms with Crippen LogP contribution in [-0.2, 0) is 0 Å². The third-order valence-electron chi connectivity index (χ3n) is 3.93. The molecule has 1 unspecified atom stereocenters. The number of nitrogens with zero attached hydrogens (tertiary/aromatic N) is 3. The first kappa shape index (κ1) is 15.4. The van der Waals surface area contributed by atoms with Crippen LogP contribution in [0.5, 0.6) is 5.88 Å². The summed E-state index contributed by atoms with van der Waals surface area (Å²) in [4.78, 5) is 22.1. The van der Waals surface area contributed by atoms with E-state index in [1.165, 1.54) is 12.4 Å². The molecule has 0 radical (unpaired) electrons. The molecule has 1 saturated heterocycles. The zero-order chi connectivity index (χ0) is 16.2. The van der Waals surface area contributed by atoms with E-state index in [1.807, 2.05) is 0 Å². The van der Waals surface area contributed by atoms with Crippen LogP contribution in [0.4, 0.5) is 4.39 Å². The quantitative estimate of drug-likeness (QED) is 0.873. The number of likely N-dealkylation sites (tertiary alicyclic amines) is 1. The molecule has 0 N–H and O–H groups in total. The summed E-state index contributed by atoms with van der Waals surface area (Å²) in [6.07, 6.45) is 4.63. The molecule has 2 aromatic rings. The summed E-state index contributed by atoms with van der Waals surface area (Å²) in [5, 5.41) is 0. The van der Waals surface area contributed by atoms with Crippen LogP contribution in [0.3, 0.4) is 0 Å². The van der Waals surface area contributed by atoms with Crippen LogP contribution in [0.15, 0.2) is 36.8 Å². The van der Waals surface area contributed by atoms with Gasteiger partial charge >= 0.3 is 0 Å². The zero-order valence-corrected chi connectivity index (χ0v) is 12.9. The summed E-state index contributed by atoms with van der Waals surface area (Å²) in [6, 6.07) is 6.28. The average molecular weight is 315 g/mol. The van der Waals surface area contributed by atoms with Gasteiger partial charge in [0, 0.05) is 24.4 Å². The normalized spacial score (nSPS) is 17.8. The van der Waals surface area contributed by atoms with Gasteiger partial charge in [-0.05, 0) is 37.5 Å². The van der Waals surface area contributed by atoms with Crippen molar-refractivity contribution in [2.45, 2.75) is 25.9 Å². The Kier molecular flexibility index (Phi) is 4.50. The van der Waals surface area contributed by atoms with Gasteiger partial charge in [0.1, 0.15) is 18.2 Å². The minimum absolute atomic E-state index is 0.113. The van der Waals surface area contributed by atoms with Crippen molar-refractivity contribution in [3.63, 3.8) is 0 Å². The van der Waals surface area contributed by atoms with Crippen molar-refractivity contribution in [2.75, 3.05) is 13.1 Å². The third kappa shape index (κ3) is 3.64. The lowest BCUT2D eigenvalue weighted by Crippen LogP contribution is -2.44. The number of halogens is 1. The van der Waals surface area contributed by atoms with E-state index in [-0.39, 0.29) is 17.8 Å². The van der Waals surface area contributed by atoms with E-state index in [0.29, 0.717) is 30.1 Å². The number of carbonyl (C=O) groups excluding carboxylic acids is 1. The maximum Gasteiger partial charge on any atom is 0.254 e. The van der Waals surface area contributed by atoms with E-state index in [9.17, 15) is 9.18 Å². The minimum atomic E-state index is -0.360. The molecule has 23 heavy (non-hydrogen) atoms. The SMILES string of the molecule is Cc1ccc(C(=O)N2CCCC(Oc3ccncn3)C2)cc1F. The Morgan fingerprint density at radius 1 is 1.39 bits per heavy atom. The molecule has 1 aliphatic heterocycles. The number of ether oxygens (including phenoxy) is 1. The van der Waals surface area contributed by atoms with Crippen molar-refractivity contribution >= 4 is 5.91 Å². The van der Waals surface area contributed by atoms with E-state index in [4.69, 9.17) is 4.74 Å². The van der Waals surface area contributed by atoms with Crippen molar-refractivity contribution in [3.8, 4) is 5.88 Å². The number of hydrogen-bond acceptors (Lipinski definition) is 4. The van der Waals surface area contributed by atoms with E-state index in [2.05, 4.69) is 9.97 Å². The number of carbonyl (C=O) groups is 1. The van der Waals surface area contributed by atoms with Crippen LogP contribution >= 0.6 is 0 Å². The Morgan fingerprint density at radius 2 is 2.26 bits per heavy atom. The molecule has 3 rings (SSSR count). The standard InChI is InChI=1S/C17H18FN3O2/c1-12-4-5-13(9-15(12)18)17(22)21-8-2-3-14(10-21)23-16-6-7-19-11-20-16/h4-7,9,11,14H,2-3,8,10H2,1H3. The molecule has 6 heteroatoms. The highest BCUT2D eigenvalue weighted by Gasteiger charge is 2.26. The largest absolute Gasteiger partial charge is 0.472 e. The van der Waals surface area contributed by atoms with Gasteiger partial charge < -0.3 is 9.64 Å². The predicted octanol–water partition coefficient (Wildman–Crippen LogP) is 2.61. The van der Waals surface area contributed by atoms with E-state index >= 15 is 0 Å². The fraction of sp³-hybridized carbons (Fsp3) is 0.353. The molecule has 1 aromatic heterocycles. The number of aromatic nitrogens is 2. The molecule has 1 amide bonds.